The fraction of sp³-hybridized carbons (Fsp3) is 0.167. The first-order chi connectivity index (χ1) is 9.61. The van der Waals surface area contributed by atoms with Crippen LogP contribution in [0.3, 0.4) is 0 Å². The summed E-state index contributed by atoms with van der Waals surface area (Å²) in [6.07, 6.45) is 1.52. The second kappa shape index (κ2) is 6.29. The summed E-state index contributed by atoms with van der Waals surface area (Å²) in [4.78, 5) is 18.6. The summed E-state index contributed by atoms with van der Waals surface area (Å²) in [5, 5.41) is 13.9. The van der Waals surface area contributed by atoms with E-state index in [9.17, 15) is 10.1 Å². The van der Waals surface area contributed by atoms with Gasteiger partial charge < -0.3 is 10.1 Å². The highest BCUT2D eigenvalue weighted by Gasteiger charge is 2.16. The number of halogens is 1. The van der Waals surface area contributed by atoms with Gasteiger partial charge >= 0.3 is 5.69 Å². The molecule has 0 atom stereocenters. The summed E-state index contributed by atoms with van der Waals surface area (Å²) in [6.45, 7) is 2.57. The number of nitro groups is 1. The van der Waals surface area contributed by atoms with Gasteiger partial charge in [0.2, 0.25) is 17.6 Å². The maximum Gasteiger partial charge on any atom is 0.311 e. The van der Waals surface area contributed by atoms with Crippen LogP contribution in [0.5, 0.6) is 11.6 Å². The average molecular weight is 339 g/mol. The van der Waals surface area contributed by atoms with E-state index in [4.69, 9.17) is 4.74 Å². The Morgan fingerprint density at radius 3 is 2.90 bits per heavy atom. The highest BCUT2D eigenvalue weighted by atomic mass is 79.9. The summed E-state index contributed by atoms with van der Waals surface area (Å²) >= 11 is 3.25. The lowest BCUT2D eigenvalue weighted by atomic mass is 10.3. The Morgan fingerprint density at radius 1 is 1.45 bits per heavy atom. The predicted octanol–water partition coefficient (Wildman–Crippen LogP) is 3.37. The molecule has 104 valence electrons. The zero-order valence-corrected chi connectivity index (χ0v) is 12.1. The van der Waals surface area contributed by atoms with E-state index in [2.05, 4.69) is 31.2 Å². The summed E-state index contributed by atoms with van der Waals surface area (Å²) in [5.74, 6) is 0.730. The van der Waals surface area contributed by atoms with Gasteiger partial charge in [0.25, 0.3) is 0 Å². The van der Waals surface area contributed by atoms with Crippen molar-refractivity contribution in [3.05, 3.63) is 45.0 Å². The van der Waals surface area contributed by atoms with Crippen LogP contribution in [0, 0.1) is 10.1 Å². The van der Waals surface area contributed by atoms with Crippen molar-refractivity contribution in [2.24, 2.45) is 0 Å². The van der Waals surface area contributed by atoms with Crippen molar-refractivity contribution in [1.82, 2.24) is 9.97 Å². The van der Waals surface area contributed by atoms with Crippen molar-refractivity contribution in [2.75, 3.05) is 11.9 Å². The van der Waals surface area contributed by atoms with E-state index >= 15 is 0 Å². The minimum absolute atomic E-state index is 0.122. The number of nitrogens with zero attached hydrogens (tertiary/aromatic N) is 3. The van der Waals surface area contributed by atoms with Gasteiger partial charge in [-0.2, -0.15) is 4.98 Å². The Hall–Kier alpha value is -2.22. The maximum atomic E-state index is 10.9. The largest absolute Gasteiger partial charge is 0.430 e. The van der Waals surface area contributed by atoms with Crippen molar-refractivity contribution in [2.45, 2.75) is 6.92 Å². The van der Waals surface area contributed by atoms with Crippen LogP contribution in [-0.4, -0.2) is 21.4 Å². The molecule has 0 unspecified atom stereocenters. The zero-order valence-electron chi connectivity index (χ0n) is 10.5. The lowest BCUT2D eigenvalue weighted by Gasteiger charge is -2.08. The Kier molecular flexibility index (Phi) is 4.46. The Balaban J connectivity index is 2.34. The zero-order chi connectivity index (χ0) is 14.5. The van der Waals surface area contributed by atoms with Crippen LogP contribution in [-0.2, 0) is 0 Å². The van der Waals surface area contributed by atoms with Crippen LogP contribution in [0.2, 0.25) is 0 Å². The summed E-state index contributed by atoms with van der Waals surface area (Å²) in [6, 6.07) is 6.11. The Morgan fingerprint density at radius 2 is 2.20 bits per heavy atom. The van der Waals surface area contributed by atoms with E-state index in [0.717, 1.165) is 0 Å². The van der Waals surface area contributed by atoms with Crippen molar-refractivity contribution in [3.8, 4) is 11.6 Å². The molecule has 1 aromatic carbocycles. The van der Waals surface area contributed by atoms with E-state index in [0.29, 0.717) is 17.0 Å². The molecule has 2 rings (SSSR count). The molecular formula is C12H11BrN4O3. The van der Waals surface area contributed by atoms with Crippen molar-refractivity contribution < 1.29 is 9.66 Å². The lowest BCUT2D eigenvalue weighted by molar-refractivity contribution is -0.385. The normalized spacial score (nSPS) is 10.1. The Labute approximate surface area is 123 Å². The number of nitro benzene ring substituents is 1. The number of anilines is 1. The number of rotatable bonds is 5. The molecule has 0 bridgehead atoms. The molecule has 1 heterocycles. The molecular weight excluding hydrogens is 328 g/mol. The topological polar surface area (TPSA) is 90.2 Å². The molecule has 0 saturated heterocycles. The molecule has 0 spiro atoms. The maximum absolute atomic E-state index is 10.9. The van der Waals surface area contributed by atoms with Gasteiger partial charge in [-0.05, 0) is 28.9 Å². The standard InChI is InChI=1S/C12H11BrN4O3/c1-2-14-12-15-7-8(13)11(16-12)20-10-6-4-3-5-9(10)17(18)19/h3-7H,2H2,1H3,(H,14,15,16). The van der Waals surface area contributed by atoms with Crippen LogP contribution in [0.25, 0.3) is 0 Å². The number of hydrogen-bond donors (Lipinski definition) is 1. The summed E-state index contributed by atoms with van der Waals surface area (Å²) in [7, 11) is 0. The molecule has 8 heteroatoms. The van der Waals surface area contributed by atoms with Crippen molar-refractivity contribution >= 4 is 27.6 Å². The molecule has 2 aromatic rings. The van der Waals surface area contributed by atoms with E-state index in [1.54, 1.807) is 12.1 Å². The average Bonchev–Trinajstić information content (AvgIpc) is 2.43. The number of hydrogen-bond acceptors (Lipinski definition) is 6. The van der Waals surface area contributed by atoms with Gasteiger partial charge in [-0.3, -0.25) is 10.1 Å². The number of para-hydroxylation sites is 2. The van der Waals surface area contributed by atoms with Crippen molar-refractivity contribution in [1.29, 1.82) is 0 Å². The first-order valence-corrected chi connectivity index (χ1v) is 6.58. The molecule has 1 aromatic heterocycles. The monoisotopic (exact) mass is 338 g/mol. The third kappa shape index (κ3) is 3.21. The minimum atomic E-state index is -0.504. The van der Waals surface area contributed by atoms with Gasteiger partial charge in [0, 0.05) is 12.6 Å². The van der Waals surface area contributed by atoms with Gasteiger partial charge in [-0.15, -0.1) is 0 Å². The third-order valence-electron chi connectivity index (χ3n) is 2.32. The van der Waals surface area contributed by atoms with Gasteiger partial charge in [0.05, 0.1) is 15.6 Å². The summed E-state index contributed by atoms with van der Waals surface area (Å²) < 4.78 is 6.02. The summed E-state index contributed by atoms with van der Waals surface area (Å²) in [5.41, 5.74) is -0.122. The number of benzene rings is 1. The van der Waals surface area contributed by atoms with Crippen LogP contribution in [0.1, 0.15) is 6.92 Å². The quantitative estimate of drug-likeness (QED) is 0.663. The highest BCUT2D eigenvalue weighted by molar-refractivity contribution is 9.10. The molecule has 7 nitrogen and oxygen atoms in total. The molecule has 0 aliphatic carbocycles. The molecule has 0 amide bonds. The minimum Gasteiger partial charge on any atom is -0.430 e. The third-order valence-corrected chi connectivity index (χ3v) is 2.86. The smallest absolute Gasteiger partial charge is 0.311 e. The van der Waals surface area contributed by atoms with Crippen molar-refractivity contribution in [3.63, 3.8) is 0 Å². The molecule has 1 N–H and O–H groups in total. The van der Waals surface area contributed by atoms with Crippen LogP contribution >= 0.6 is 15.9 Å². The first kappa shape index (κ1) is 14.2. The van der Waals surface area contributed by atoms with E-state index in [1.165, 1.54) is 18.3 Å². The van der Waals surface area contributed by atoms with Crippen LogP contribution < -0.4 is 10.1 Å². The van der Waals surface area contributed by atoms with E-state index < -0.39 is 4.92 Å². The molecule has 0 fully saturated rings. The Bertz CT molecular complexity index is 636. The van der Waals surface area contributed by atoms with Crippen LogP contribution in [0.15, 0.2) is 34.9 Å². The second-order valence-electron chi connectivity index (χ2n) is 3.70. The SMILES string of the molecule is CCNc1ncc(Br)c(Oc2ccccc2[N+](=O)[O-])n1. The number of aromatic nitrogens is 2. The van der Waals surface area contributed by atoms with Gasteiger partial charge in [-0.1, -0.05) is 12.1 Å². The van der Waals surface area contributed by atoms with Crippen LogP contribution in [0.4, 0.5) is 11.6 Å². The van der Waals surface area contributed by atoms with E-state index in [1.807, 2.05) is 6.92 Å². The molecule has 20 heavy (non-hydrogen) atoms. The fourth-order valence-electron chi connectivity index (χ4n) is 1.46. The van der Waals surface area contributed by atoms with Gasteiger partial charge in [-0.25, -0.2) is 4.98 Å². The fourth-order valence-corrected chi connectivity index (χ4v) is 1.74. The molecule has 0 saturated carbocycles. The predicted molar refractivity (Wildman–Crippen MR) is 77.1 cm³/mol. The highest BCUT2D eigenvalue weighted by Crippen LogP contribution is 2.33. The van der Waals surface area contributed by atoms with Gasteiger partial charge in [0.1, 0.15) is 0 Å². The number of nitrogens with one attached hydrogen (secondary N) is 1. The van der Waals surface area contributed by atoms with Gasteiger partial charge in [0.15, 0.2) is 0 Å². The first-order valence-electron chi connectivity index (χ1n) is 5.79. The lowest BCUT2D eigenvalue weighted by Crippen LogP contribution is -2.03. The van der Waals surface area contributed by atoms with E-state index in [-0.39, 0.29) is 17.3 Å². The molecule has 0 radical (unpaired) electrons. The molecule has 0 aliphatic rings. The number of ether oxygens (including phenoxy) is 1. The second-order valence-corrected chi connectivity index (χ2v) is 4.56. The molecule has 0 aliphatic heterocycles.